The zero-order valence-corrected chi connectivity index (χ0v) is 20.5. The molecule has 1 amide bonds. The number of rotatable bonds is 11. The van der Waals surface area contributed by atoms with E-state index >= 15 is 0 Å². The Hall–Kier alpha value is -3.25. The zero-order chi connectivity index (χ0) is 24.5. The molecule has 0 saturated carbocycles. The van der Waals surface area contributed by atoms with E-state index in [-0.39, 0.29) is 5.91 Å². The largest absolute Gasteiger partial charge is 0.359 e. The molecule has 1 aromatic rings. The molecule has 6 nitrogen and oxygen atoms in total. The van der Waals surface area contributed by atoms with Crippen LogP contribution in [0.2, 0.25) is 0 Å². The van der Waals surface area contributed by atoms with Gasteiger partial charge in [-0.05, 0) is 63.2 Å². The monoisotopic (exact) mass is 438 g/mol. The van der Waals surface area contributed by atoms with E-state index in [0.29, 0.717) is 17.7 Å². The highest BCUT2D eigenvalue weighted by Crippen LogP contribution is 2.15. The summed E-state index contributed by atoms with van der Waals surface area (Å²) in [5.74, 6) is -0.120. The van der Waals surface area contributed by atoms with Crippen LogP contribution in [-0.4, -0.2) is 38.5 Å². The topological polar surface area (TPSA) is 82.6 Å². The summed E-state index contributed by atoms with van der Waals surface area (Å²) in [5.41, 5.74) is 5.49. The van der Waals surface area contributed by atoms with E-state index in [0.717, 1.165) is 41.1 Å². The van der Waals surface area contributed by atoms with Crippen molar-refractivity contribution in [2.75, 3.05) is 26.0 Å². The van der Waals surface area contributed by atoms with Crippen molar-refractivity contribution < 1.29 is 9.59 Å². The van der Waals surface area contributed by atoms with Gasteiger partial charge in [0.2, 0.25) is 0 Å². The zero-order valence-electron chi connectivity index (χ0n) is 20.5. The number of anilines is 1. The van der Waals surface area contributed by atoms with Crippen molar-refractivity contribution in [3.8, 4) is 0 Å². The van der Waals surface area contributed by atoms with Gasteiger partial charge in [-0.25, -0.2) is 0 Å². The number of carbonyl (C=O) groups is 2. The molecule has 0 heterocycles. The van der Waals surface area contributed by atoms with Gasteiger partial charge in [0, 0.05) is 42.7 Å². The van der Waals surface area contributed by atoms with Gasteiger partial charge in [-0.3, -0.25) is 14.6 Å². The molecule has 6 heteroatoms. The molecule has 0 unspecified atom stereocenters. The van der Waals surface area contributed by atoms with Crippen molar-refractivity contribution in [2.45, 2.75) is 41.0 Å². The molecule has 0 radical (unpaired) electrons. The molecule has 0 saturated heterocycles. The molecule has 174 valence electrons. The lowest BCUT2D eigenvalue weighted by Gasteiger charge is -2.14. The molecular formula is C26H38N4O2. The second kappa shape index (κ2) is 16.4. The molecule has 1 aromatic carbocycles. The van der Waals surface area contributed by atoms with Crippen LogP contribution in [0.25, 0.3) is 0 Å². The fraction of sp³-hybridized carbons (Fsp3) is 0.346. The predicted molar refractivity (Wildman–Crippen MR) is 137 cm³/mol. The van der Waals surface area contributed by atoms with Gasteiger partial charge in [0.25, 0.3) is 5.91 Å². The highest BCUT2D eigenvalue weighted by Gasteiger charge is 2.07. The van der Waals surface area contributed by atoms with E-state index < -0.39 is 0 Å². The second-order valence-corrected chi connectivity index (χ2v) is 6.72. The summed E-state index contributed by atoms with van der Waals surface area (Å²) < 4.78 is 0. The summed E-state index contributed by atoms with van der Waals surface area (Å²) in [5, 5.41) is 9.12. The van der Waals surface area contributed by atoms with Crippen molar-refractivity contribution in [1.82, 2.24) is 10.6 Å². The van der Waals surface area contributed by atoms with Crippen molar-refractivity contribution in [3.05, 3.63) is 77.2 Å². The fourth-order valence-corrected chi connectivity index (χ4v) is 2.48. The minimum Gasteiger partial charge on any atom is -0.359 e. The van der Waals surface area contributed by atoms with Crippen LogP contribution >= 0.6 is 0 Å². The molecule has 0 bridgehead atoms. The summed E-state index contributed by atoms with van der Waals surface area (Å²) in [6.45, 7) is 14.4. The average Bonchev–Trinajstić information content (AvgIpc) is 2.82. The van der Waals surface area contributed by atoms with E-state index in [9.17, 15) is 9.59 Å². The standard InChI is InChI=1S/C24H32N4O2.C2H6/c1-7-17(2)24(30)28-21-10-8-20(9-11-21)23(26-6)16-18(3)19(4)27-22(13-15-29)12-14-25-5;1-2/h7-11,13,15-16,25,27H,4,12,14H2,1-3,5-6H3,(H,28,30);1-2H3/b17-7+,18-16+,22-13+,26-23?;. The number of amides is 1. The fourth-order valence-electron chi connectivity index (χ4n) is 2.48. The lowest BCUT2D eigenvalue weighted by Crippen LogP contribution is -2.18. The number of hydrogen-bond acceptors (Lipinski definition) is 5. The van der Waals surface area contributed by atoms with E-state index in [4.69, 9.17) is 0 Å². The van der Waals surface area contributed by atoms with Crippen LogP contribution in [0.15, 0.2) is 76.6 Å². The Morgan fingerprint density at radius 2 is 1.75 bits per heavy atom. The average molecular weight is 439 g/mol. The quantitative estimate of drug-likeness (QED) is 0.201. The summed E-state index contributed by atoms with van der Waals surface area (Å²) in [6, 6.07) is 7.52. The first-order valence-corrected chi connectivity index (χ1v) is 10.8. The van der Waals surface area contributed by atoms with E-state index in [1.807, 2.05) is 65.1 Å². The minimum atomic E-state index is -0.120. The molecule has 0 aliphatic carbocycles. The van der Waals surface area contributed by atoms with Crippen molar-refractivity contribution in [1.29, 1.82) is 0 Å². The molecule has 1 rings (SSSR count). The normalized spacial score (nSPS) is 12.5. The summed E-state index contributed by atoms with van der Waals surface area (Å²) in [7, 11) is 3.59. The Bertz CT molecular complexity index is 876. The van der Waals surface area contributed by atoms with Gasteiger partial charge in [0.15, 0.2) is 0 Å². The van der Waals surface area contributed by atoms with Crippen LogP contribution in [0.5, 0.6) is 0 Å². The lowest BCUT2D eigenvalue weighted by molar-refractivity contribution is -0.112. The van der Waals surface area contributed by atoms with E-state index in [1.54, 1.807) is 20.0 Å². The van der Waals surface area contributed by atoms with Gasteiger partial charge >= 0.3 is 0 Å². The van der Waals surface area contributed by atoms with Crippen LogP contribution in [0.4, 0.5) is 5.69 Å². The third kappa shape index (κ3) is 10.2. The number of nitrogens with zero attached hydrogens (tertiary/aromatic N) is 1. The maximum atomic E-state index is 12.0. The Morgan fingerprint density at radius 1 is 1.12 bits per heavy atom. The number of carbonyl (C=O) groups excluding carboxylic acids is 2. The molecule has 0 spiro atoms. The van der Waals surface area contributed by atoms with Gasteiger partial charge in [0.1, 0.15) is 6.29 Å². The third-order valence-electron chi connectivity index (χ3n) is 4.52. The van der Waals surface area contributed by atoms with Gasteiger partial charge in [-0.15, -0.1) is 0 Å². The number of hydrogen-bond donors (Lipinski definition) is 3. The van der Waals surface area contributed by atoms with Crippen LogP contribution in [0, 0.1) is 0 Å². The Labute approximate surface area is 193 Å². The highest BCUT2D eigenvalue weighted by atomic mass is 16.1. The molecule has 0 fully saturated rings. The Balaban J connectivity index is 0.00000466. The second-order valence-electron chi connectivity index (χ2n) is 6.72. The summed E-state index contributed by atoms with van der Waals surface area (Å²) >= 11 is 0. The SMILES string of the molecule is C=C(N/C(=C/C=O)CCNC)/C(C)=C/C(=NC)c1ccc(NC(=O)/C(C)=C/C)cc1.CC. The van der Waals surface area contributed by atoms with Crippen LogP contribution in [-0.2, 0) is 9.59 Å². The van der Waals surface area contributed by atoms with Crippen molar-refractivity contribution >= 4 is 23.6 Å². The molecule has 0 atom stereocenters. The number of allylic oxidation sites excluding steroid dienone is 4. The number of aliphatic imine (C=N–C) groups is 1. The minimum absolute atomic E-state index is 0.120. The first-order chi connectivity index (χ1) is 15.4. The van der Waals surface area contributed by atoms with Gasteiger partial charge in [0.05, 0.1) is 5.71 Å². The molecule has 0 aliphatic heterocycles. The lowest BCUT2D eigenvalue weighted by atomic mass is 10.1. The molecule has 0 aromatic heterocycles. The first-order valence-electron chi connectivity index (χ1n) is 10.8. The Morgan fingerprint density at radius 3 is 2.25 bits per heavy atom. The number of nitrogens with one attached hydrogen (secondary N) is 3. The summed E-state index contributed by atoms with van der Waals surface area (Å²) in [6.07, 6.45) is 6.67. The van der Waals surface area contributed by atoms with Gasteiger partial charge < -0.3 is 16.0 Å². The first kappa shape index (κ1) is 28.8. The van der Waals surface area contributed by atoms with Crippen LogP contribution in [0.3, 0.4) is 0 Å². The van der Waals surface area contributed by atoms with Crippen molar-refractivity contribution in [2.24, 2.45) is 4.99 Å². The molecular weight excluding hydrogens is 400 g/mol. The maximum Gasteiger partial charge on any atom is 0.250 e. The smallest absolute Gasteiger partial charge is 0.250 e. The number of benzene rings is 1. The van der Waals surface area contributed by atoms with E-state index in [2.05, 4.69) is 27.5 Å². The predicted octanol–water partition coefficient (Wildman–Crippen LogP) is 4.78. The third-order valence-corrected chi connectivity index (χ3v) is 4.52. The summed E-state index contributed by atoms with van der Waals surface area (Å²) in [4.78, 5) is 27.2. The molecule has 32 heavy (non-hydrogen) atoms. The van der Waals surface area contributed by atoms with Crippen LogP contribution in [0.1, 0.15) is 46.6 Å². The maximum absolute atomic E-state index is 12.0. The van der Waals surface area contributed by atoms with Gasteiger partial charge in [-0.2, -0.15) is 0 Å². The van der Waals surface area contributed by atoms with Crippen LogP contribution < -0.4 is 16.0 Å². The van der Waals surface area contributed by atoms with E-state index in [1.165, 1.54) is 6.08 Å². The highest BCUT2D eigenvalue weighted by molar-refractivity contribution is 6.09. The molecule has 3 N–H and O–H groups in total. The van der Waals surface area contributed by atoms with Gasteiger partial charge in [-0.1, -0.05) is 38.6 Å². The number of aldehydes is 1. The van der Waals surface area contributed by atoms with Crippen molar-refractivity contribution in [3.63, 3.8) is 0 Å². The Kier molecular flexibility index (Phi) is 14.8. The molecule has 0 aliphatic rings.